The van der Waals surface area contributed by atoms with E-state index >= 15 is 0 Å². The van der Waals surface area contributed by atoms with Crippen LogP contribution < -0.4 is 0 Å². The van der Waals surface area contributed by atoms with Gasteiger partial charge in [0.25, 0.3) is 0 Å². The average molecular weight is 321 g/mol. The Morgan fingerprint density at radius 1 is 1.35 bits per heavy atom. The number of aryl methyl sites for hydroxylation is 1. The van der Waals surface area contributed by atoms with E-state index in [0.717, 1.165) is 18.1 Å². The van der Waals surface area contributed by atoms with Crippen LogP contribution in [0.15, 0.2) is 16.5 Å². The SMILES string of the molecule is Cc1ccc(CN2C[C@@H]3[C@@H](C2)OCC(=O)N3CC(=O)N(C)C)o1. The van der Waals surface area contributed by atoms with Gasteiger partial charge in [-0.2, -0.15) is 0 Å². The summed E-state index contributed by atoms with van der Waals surface area (Å²) in [5, 5.41) is 0. The summed E-state index contributed by atoms with van der Waals surface area (Å²) >= 11 is 0. The van der Waals surface area contributed by atoms with Crippen molar-refractivity contribution in [3.8, 4) is 0 Å². The molecule has 3 rings (SSSR count). The minimum atomic E-state index is -0.114. The predicted molar refractivity (Wildman–Crippen MR) is 82.7 cm³/mol. The molecule has 0 N–H and O–H groups in total. The Kier molecular flexibility index (Phi) is 4.41. The van der Waals surface area contributed by atoms with Gasteiger partial charge in [0.1, 0.15) is 24.7 Å². The van der Waals surface area contributed by atoms with Crippen LogP contribution in [-0.4, -0.2) is 79.0 Å². The van der Waals surface area contributed by atoms with Crippen LogP contribution >= 0.6 is 0 Å². The lowest BCUT2D eigenvalue weighted by Gasteiger charge is -2.36. The maximum atomic E-state index is 12.2. The fourth-order valence-electron chi connectivity index (χ4n) is 3.15. The van der Waals surface area contributed by atoms with Crippen LogP contribution in [0.5, 0.6) is 0 Å². The zero-order valence-electron chi connectivity index (χ0n) is 13.8. The third kappa shape index (κ3) is 3.40. The summed E-state index contributed by atoms with van der Waals surface area (Å²) in [5.41, 5.74) is 0. The predicted octanol–water partition coefficient (Wildman–Crippen LogP) is 0.0878. The van der Waals surface area contributed by atoms with Gasteiger partial charge in [-0.15, -0.1) is 0 Å². The second kappa shape index (κ2) is 6.33. The summed E-state index contributed by atoms with van der Waals surface area (Å²) < 4.78 is 11.3. The first kappa shape index (κ1) is 16.0. The molecular formula is C16H23N3O4. The fourth-order valence-corrected chi connectivity index (χ4v) is 3.15. The third-order valence-corrected chi connectivity index (χ3v) is 4.43. The van der Waals surface area contributed by atoms with Crippen LogP contribution in [0.2, 0.25) is 0 Å². The molecule has 2 amide bonds. The van der Waals surface area contributed by atoms with Crippen molar-refractivity contribution in [3.63, 3.8) is 0 Å². The third-order valence-electron chi connectivity index (χ3n) is 4.43. The highest BCUT2D eigenvalue weighted by Crippen LogP contribution is 2.25. The number of likely N-dealkylation sites (N-methyl/N-ethyl adjacent to an activating group) is 1. The molecular weight excluding hydrogens is 298 g/mol. The van der Waals surface area contributed by atoms with Crippen LogP contribution in [0.4, 0.5) is 0 Å². The first-order valence-corrected chi connectivity index (χ1v) is 7.83. The minimum Gasteiger partial charge on any atom is -0.465 e. The summed E-state index contributed by atoms with van der Waals surface area (Å²) in [6.45, 7) is 4.21. The summed E-state index contributed by atoms with van der Waals surface area (Å²) in [4.78, 5) is 29.5. The van der Waals surface area contributed by atoms with Crippen LogP contribution in [-0.2, 0) is 20.9 Å². The summed E-state index contributed by atoms with van der Waals surface area (Å²) in [6, 6.07) is 3.84. The largest absolute Gasteiger partial charge is 0.465 e. The molecule has 0 spiro atoms. The second-order valence-corrected chi connectivity index (χ2v) is 6.43. The lowest BCUT2D eigenvalue weighted by Crippen LogP contribution is -2.56. The molecule has 0 aromatic carbocycles. The van der Waals surface area contributed by atoms with Crippen molar-refractivity contribution < 1.29 is 18.7 Å². The molecule has 2 aliphatic heterocycles. The molecule has 0 radical (unpaired) electrons. The molecule has 2 aliphatic rings. The summed E-state index contributed by atoms with van der Waals surface area (Å²) in [5.74, 6) is 1.61. The smallest absolute Gasteiger partial charge is 0.249 e. The van der Waals surface area contributed by atoms with Gasteiger partial charge in [0.05, 0.1) is 18.7 Å². The number of hydrogen-bond acceptors (Lipinski definition) is 5. The van der Waals surface area contributed by atoms with Gasteiger partial charge in [-0.3, -0.25) is 14.5 Å². The Hall–Kier alpha value is -1.86. The molecule has 1 aromatic heterocycles. The molecule has 0 bridgehead atoms. The Morgan fingerprint density at radius 2 is 2.13 bits per heavy atom. The molecule has 23 heavy (non-hydrogen) atoms. The van der Waals surface area contributed by atoms with E-state index in [1.807, 2.05) is 19.1 Å². The molecule has 2 fully saturated rings. The maximum Gasteiger partial charge on any atom is 0.249 e. The first-order valence-electron chi connectivity index (χ1n) is 7.83. The van der Waals surface area contributed by atoms with E-state index in [1.54, 1.807) is 19.0 Å². The number of fused-ring (bicyclic) bond motifs is 1. The normalized spacial score (nSPS) is 24.8. The first-order chi connectivity index (χ1) is 10.9. The van der Waals surface area contributed by atoms with Crippen molar-refractivity contribution in [3.05, 3.63) is 23.7 Å². The minimum absolute atomic E-state index is 0.0429. The van der Waals surface area contributed by atoms with Crippen LogP contribution in [0, 0.1) is 6.92 Å². The van der Waals surface area contributed by atoms with Crippen molar-refractivity contribution in [2.45, 2.75) is 25.6 Å². The van der Waals surface area contributed by atoms with E-state index in [2.05, 4.69) is 4.90 Å². The highest BCUT2D eigenvalue weighted by Gasteiger charge is 2.43. The number of rotatable bonds is 4. The zero-order valence-corrected chi connectivity index (χ0v) is 13.8. The standard InChI is InChI=1S/C16H23N3O4/c1-11-4-5-12(23-11)6-18-7-13-14(8-18)22-10-16(21)19(13)9-15(20)17(2)3/h4-5,13-14H,6-10H2,1-3H3/t13-,14-/m1/s1. The number of ether oxygens (including phenoxy) is 1. The number of nitrogens with zero attached hydrogens (tertiary/aromatic N) is 3. The maximum absolute atomic E-state index is 12.2. The van der Waals surface area contributed by atoms with Gasteiger partial charge < -0.3 is 19.0 Å². The van der Waals surface area contributed by atoms with Crippen molar-refractivity contribution in [1.82, 2.24) is 14.7 Å². The Balaban J connectivity index is 1.67. The lowest BCUT2D eigenvalue weighted by atomic mass is 10.1. The Labute approximate surface area is 135 Å². The van der Waals surface area contributed by atoms with E-state index in [-0.39, 0.29) is 37.1 Å². The van der Waals surface area contributed by atoms with E-state index < -0.39 is 0 Å². The van der Waals surface area contributed by atoms with Crippen LogP contribution in [0.1, 0.15) is 11.5 Å². The molecule has 126 valence electrons. The van der Waals surface area contributed by atoms with Crippen molar-refractivity contribution in [2.24, 2.45) is 0 Å². The van der Waals surface area contributed by atoms with Crippen LogP contribution in [0.3, 0.4) is 0 Å². The van der Waals surface area contributed by atoms with Gasteiger partial charge in [0.15, 0.2) is 0 Å². The lowest BCUT2D eigenvalue weighted by molar-refractivity contribution is -0.156. The zero-order chi connectivity index (χ0) is 16.6. The van der Waals surface area contributed by atoms with Gasteiger partial charge in [0.2, 0.25) is 11.8 Å². The second-order valence-electron chi connectivity index (χ2n) is 6.43. The number of morpholine rings is 1. The van der Waals surface area contributed by atoms with Gasteiger partial charge in [-0.1, -0.05) is 0 Å². The summed E-state index contributed by atoms with van der Waals surface area (Å²) in [6.07, 6.45) is -0.0429. The molecule has 7 nitrogen and oxygen atoms in total. The fraction of sp³-hybridized carbons (Fsp3) is 0.625. The molecule has 1 aromatic rings. The van der Waals surface area contributed by atoms with E-state index in [0.29, 0.717) is 13.1 Å². The van der Waals surface area contributed by atoms with Gasteiger partial charge >= 0.3 is 0 Å². The molecule has 3 heterocycles. The molecule has 0 aliphatic carbocycles. The average Bonchev–Trinajstić information content (AvgIpc) is 3.08. The van der Waals surface area contributed by atoms with Crippen molar-refractivity contribution in [1.29, 1.82) is 0 Å². The van der Waals surface area contributed by atoms with Gasteiger partial charge in [0, 0.05) is 27.2 Å². The number of carbonyl (C=O) groups excluding carboxylic acids is 2. The number of amides is 2. The number of likely N-dealkylation sites (tertiary alicyclic amines) is 1. The van der Waals surface area contributed by atoms with Crippen molar-refractivity contribution in [2.75, 3.05) is 40.3 Å². The molecule has 0 saturated carbocycles. The highest BCUT2D eigenvalue weighted by atomic mass is 16.5. The Bertz CT molecular complexity index is 598. The summed E-state index contributed by atoms with van der Waals surface area (Å²) in [7, 11) is 3.40. The topological polar surface area (TPSA) is 66.2 Å². The monoisotopic (exact) mass is 321 g/mol. The van der Waals surface area contributed by atoms with E-state index in [1.165, 1.54) is 4.90 Å². The Morgan fingerprint density at radius 3 is 2.78 bits per heavy atom. The van der Waals surface area contributed by atoms with Crippen LogP contribution in [0.25, 0.3) is 0 Å². The number of furan rings is 1. The number of carbonyl (C=O) groups is 2. The molecule has 2 atom stereocenters. The van der Waals surface area contributed by atoms with Crippen molar-refractivity contribution >= 4 is 11.8 Å². The number of hydrogen-bond donors (Lipinski definition) is 0. The van der Waals surface area contributed by atoms with E-state index in [4.69, 9.17) is 9.15 Å². The quantitative estimate of drug-likeness (QED) is 0.786. The molecule has 0 unspecified atom stereocenters. The molecule has 7 heteroatoms. The van der Waals surface area contributed by atoms with E-state index in [9.17, 15) is 9.59 Å². The molecule has 2 saturated heterocycles. The van der Waals surface area contributed by atoms with Gasteiger partial charge in [-0.25, -0.2) is 0 Å². The highest BCUT2D eigenvalue weighted by molar-refractivity contribution is 5.86. The van der Waals surface area contributed by atoms with Gasteiger partial charge in [-0.05, 0) is 19.1 Å².